The maximum Gasteiger partial charge on any atom is 0.0723 e. The average molecular weight is 282 g/mol. The lowest BCUT2D eigenvalue weighted by atomic mass is 10.2. The first-order valence-corrected chi connectivity index (χ1v) is 6.59. The summed E-state index contributed by atoms with van der Waals surface area (Å²) in [6.45, 7) is 0. The molecule has 1 aromatic heterocycles. The van der Waals surface area contributed by atoms with E-state index in [1.165, 1.54) is 0 Å². The number of nitrogens with zero attached hydrogens (tertiary/aromatic N) is 2. The lowest BCUT2D eigenvalue weighted by Gasteiger charge is -2.04. The molecule has 0 unspecified atom stereocenters. The predicted molar refractivity (Wildman–Crippen MR) is 84.4 cm³/mol. The molecule has 0 atom stereocenters. The van der Waals surface area contributed by atoms with Crippen molar-refractivity contribution in [3.63, 3.8) is 0 Å². The molecular formula is C16H12ClN3. The molecule has 0 aliphatic rings. The van der Waals surface area contributed by atoms with Gasteiger partial charge in [0.15, 0.2) is 0 Å². The Bertz CT molecular complexity index is 746. The molecule has 0 fully saturated rings. The van der Waals surface area contributed by atoms with Gasteiger partial charge < -0.3 is 0 Å². The molecule has 0 radical (unpaired) electrons. The highest BCUT2D eigenvalue weighted by Gasteiger charge is 1.98. The van der Waals surface area contributed by atoms with Crippen molar-refractivity contribution < 1.29 is 0 Å². The van der Waals surface area contributed by atoms with Crippen LogP contribution in [0.3, 0.4) is 0 Å². The third kappa shape index (κ3) is 2.78. The molecule has 0 aliphatic heterocycles. The van der Waals surface area contributed by atoms with Gasteiger partial charge in [-0.25, -0.2) is 0 Å². The van der Waals surface area contributed by atoms with Crippen molar-refractivity contribution in [3.8, 4) is 0 Å². The number of halogens is 1. The first-order chi connectivity index (χ1) is 9.83. The predicted octanol–water partition coefficient (Wildman–Crippen LogP) is 4.33. The maximum absolute atomic E-state index is 5.84. The molecule has 1 N–H and O–H groups in total. The van der Waals surface area contributed by atoms with E-state index in [9.17, 15) is 0 Å². The molecular weight excluding hydrogens is 270 g/mol. The fourth-order valence-electron chi connectivity index (χ4n) is 1.92. The molecule has 0 saturated carbocycles. The summed E-state index contributed by atoms with van der Waals surface area (Å²) in [6, 6.07) is 17.4. The molecule has 3 nitrogen and oxygen atoms in total. The van der Waals surface area contributed by atoms with Crippen molar-refractivity contribution >= 4 is 34.4 Å². The van der Waals surface area contributed by atoms with Gasteiger partial charge in [0.25, 0.3) is 0 Å². The monoisotopic (exact) mass is 281 g/mol. The Hall–Kier alpha value is -2.39. The summed E-state index contributed by atoms with van der Waals surface area (Å²) in [5.74, 6) is 0. The van der Waals surface area contributed by atoms with Gasteiger partial charge in [0, 0.05) is 16.6 Å². The Morgan fingerprint density at radius 2 is 1.80 bits per heavy atom. The Kier molecular flexibility index (Phi) is 3.61. The molecule has 0 bridgehead atoms. The van der Waals surface area contributed by atoms with Crippen LogP contribution in [0.15, 0.2) is 65.9 Å². The summed E-state index contributed by atoms with van der Waals surface area (Å²) in [6.07, 6.45) is 3.52. The summed E-state index contributed by atoms with van der Waals surface area (Å²) in [5, 5.41) is 6.01. The minimum Gasteiger partial charge on any atom is -0.278 e. The molecule has 0 saturated heterocycles. The second kappa shape index (κ2) is 5.72. The molecule has 0 aliphatic carbocycles. The molecule has 0 amide bonds. The Balaban J connectivity index is 1.81. The number of nitrogens with one attached hydrogen (secondary N) is 1. The molecule has 3 rings (SSSR count). The maximum atomic E-state index is 5.84. The van der Waals surface area contributed by atoms with Crippen molar-refractivity contribution in [2.45, 2.75) is 0 Å². The number of hydrazone groups is 1. The number of fused-ring (bicyclic) bond motifs is 1. The highest BCUT2D eigenvalue weighted by molar-refractivity contribution is 6.30. The van der Waals surface area contributed by atoms with Crippen molar-refractivity contribution in [2.75, 3.05) is 5.43 Å². The standard InChI is InChI=1S/C16H12ClN3/c17-13-7-5-12(6-8-13)11-19-20-16-9-10-18-15-4-2-1-3-14(15)16/h1-11H,(H,18,20)/b19-11+. The zero-order valence-corrected chi connectivity index (χ0v) is 11.4. The van der Waals surface area contributed by atoms with E-state index in [0.29, 0.717) is 0 Å². The van der Waals surface area contributed by atoms with E-state index in [4.69, 9.17) is 11.6 Å². The van der Waals surface area contributed by atoms with Crippen LogP contribution in [0.4, 0.5) is 5.69 Å². The molecule has 0 spiro atoms. The van der Waals surface area contributed by atoms with Crippen LogP contribution in [0.2, 0.25) is 5.02 Å². The lowest BCUT2D eigenvalue weighted by Crippen LogP contribution is -1.92. The second-order valence-electron chi connectivity index (χ2n) is 4.30. The summed E-state index contributed by atoms with van der Waals surface area (Å²) in [4.78, 5) is 4.31. The van der Waals surface area contributed by atoms with Crippen LogP contribution in [0.5, 0.6) is 0 Å². The van der Waals surface area contributed by atoms with E-state index in [1.807, 2.05) is 54.6 Å². The van der Waals surface area contributed by atoms with Crippen LogP contribution < -0.4 is 5.43 Å². The van der Waals surface area contributed by atoms with Crippen LogP contribution in [-0.2, 0) is 0 Å². The summed E-state index contributed by atoms with van der Waals surface area (Å²) in [5.41, 5.74) is 5.91. The number of pyridine rings is 1. The quantitative estimate of drug-likeness (QED) is 0.573. The first kappa shape index (κ1) is 12.6. The molecule has 98 valence electrons. The van der Waals surface area contributed by atoms with Gasteiger partial charge in [-0.3, -0.25) is 10.4 Å². The van der Waals surface area contributed by atoms with Gasteiger partial charge in [-0.2, -0.15) is 5.10 Å². The summed E-state index contributed by atoms with van der Waals surface area (Å²) < 4.78 is 0. The van der Waals surface area contributed by atoms with Gasteiger partial charge in [0.1, 0.15) is 0 Å². The SMILES string of the molecule is Clc1ccc(/C=N/Nc2ccnc3ccccc23)cc1. The van der Waals surface area contributed by atoms with E-state index in [1.54, 1.807) is 12.4 Å². The molecule has 2 aromatic carbocycles. The van der Waals surface area contributed by atoms with Crippen LogP contribution in [0, 0.1) is 0 Å². The summed E-state index contributed by atoms with van der Waals surface area (Å²) in [7, 11) is 0. The number of benzene rings is 2. The molecule has 4 heteroatoms. The fraction of sp³-hybridized carbons (Fsp3) is 0. The van der Waals surface area contributed by atoms with Crippen molar-refractivity contribution in [1.82, 2.24) is 4.98 Å². The third-order valence-corrected chi connectivity index (χ3v) is 3.17. The van der Waals surface area contributed by atoms with E-state index in [-0.39, 0.29) is 0 Å². The van der Waals surface area contributed by atoms with Gasteiger partial charge in [0.05, 0.1) is 17.4 Å². The van der Waals surface area contributed by atoms with E-state index < -0.39 is 0 Å². The second-order valence-corrected chi connectivity index (χ2v) is 4.73. The summed E-state index contributed by atoms with van der Waals surface area (Å²) >= 11 is 5.84. The fourth-order valence-corrected chi connectivity index (χ4v) is 2.04. The zero-order valence-electron chi connectivity index (χ0n) is 10.6. The first-order valence-electron chi connectivity index (χ1n) is 6.21. The zero-order chi connectivity index (χ0) is 13.8. The number of hydrogen-bond donors (Lipinski definition) is 1. The van der Waals surface area contributed by atoms with E-state index in [0.717, 1.165) is 27.2 Å². The van der Waals surface area contributed by atoms with Crippen LogP contribution >= 0.6 is 11.6 Å². The molecule has 3 aromatic rings. The Morgan fingerprint density at radius 1 is 1.00 bits per heavy atom. The highest BCUT2D eigenvalue weighted by Crippen LogP contribution is 2.20. The van der Waals surface area contributed by atoms with Gasteiger partial charge >= 0.3 is 0 Å². The lowest BCUT2D eigenvalue weighted by molar-refractivity contribution is 1.33. The molecule has 20 heavy (non-hydrogen) atoms. The number of rotatable bonds is 3. The molecule has 1 heterocycles. The van der Waals surface area contributed by atoms with E-state index >= 15 is 0 Å². The van der Waals surface area contributed by atoms with Crippen LogP contribution in [0.1, 0.15) is 5.56 Å². The smallest absolute Gasteiger partial charge is 0.0723 e. The Morgan fingerprint density at radius 3 is 2.65 bits per heavy atom. The van der Waals surface area contributed by atoms with Crippen LogP contribution in [0.25, 0.3) is 10.9 Å². The largest absolute Gasteiger partial charge is 0.278 e. The topological polar surface area (TPSA) is 37.3 Å². The highest BCUT2D eigenvalue weighted by atomic mass is 35.5. The van der Waals surface area contributed by atoms with Gasteiger partial charge in [-0.1, -0.05) is 41.9 Å². The van der Waals surface area contributed by atoms with Crippen LogP contribution in [-0.4, -0.2) is 11.2 Å². The van der Waals surface area contributed by atoms with Crippen molar-refractivity contribution in [2.24, 2.45) is 5.10 Å². The normalized spacial score (nSPS) is 11.1. The number of aromatic nitrogens is 1. The van der Waals surface area contributed by atoms with Crippen molar-refractivity contribution in [3.05, 3.63) is 71.4 Å². The van der Waals surface area contributed by atoms with Gasteiger partial charge in [-0.05, 0) is 29.8 Å². The third-order valence-electron chi connectivity index (χ3n) is 2.92. The van der Waals surface area contributed by atoms with Gasteiger partial charge in [-0.15, -0.1) is 0 Å². The van der Waals surface area contributed by atoms with E-state index in [2.05, 4.69) is 15.5 Å². The number of anilines is 1. The van der Waals surface area contributed by atoms with Crippen molar-refractivity contribution in [1.29, 1.82) is 0 Å². The van der Waals surface area contributed by atoms with Gasteiger partial charge in [0.2, 0.25) is 0 Å². The average Bonchev–Trinajstić information content (AvgIpc) is 2.49. The Labute approximate surface area is 121 Å². The number of hydrogen-bond acceptors (Lipinski definition) is 3. The minimum atomic E-state index is 0.718. The number of para-hydroxylation sites is 1. The minimum absolute atomic E-state index is 0.718.